The van der Waals surface area contributed by atoms with E-state index in [1.54, 1.807) is 0 Å². The van der Waals surface area contributed by atoms with Crippen LogP contribution >= 0.6 is 58.0 Å². The third-order valence-electron chi connectivity index (χ3n) is 5.99. The number of nitrogens with one attached hydrogen (secondary N) is 3. The van der Waals surface area contributed by atoms with Gasteiger partial charge in [0.15, 0.2) is 0 Å². The molecule has 3 aromatic rings. The quantitative estimate of drug-likeness (QED) is 0.138. The van der Waals surface area contributed by atoms with Gasteiger partial charge in [0.1, 0.15) is 21.8 Å². The zero-order valence-corrected chi connectivity index (χ0v) is 23.9. The summed E-state index contributed by atoms with van der Waals surface area (Å²) in [7, 11) is 0. The minimum Gasteiger partial charge on any atom is -0.326 e. The van der Waals surface area contributed by atoms with Crippen LogP contribution in [0, 0.1) is 23.4 Å². The summed E-state index contributed by atoms with van der Waals surface area (Å²) < 4.78 is 78.7. The maximum absolute atomic E-state index is 14.5. The van der Waals surface area contributed by atoms with Gasteiger partial charge in [0, 0.05) is 17.7 Å². The van der Waals surface area contributed by atoms with Crippen LogP contribution in [0.1, 0.15) is 21.8 Å². The summed E-state index contributed by atoms with van der Waals surface area (Å²) in [6, 6.07) is 6.09. The predicted octanol–water partition coefficient (Wildman–Crippen LogP) is 8.34. The summed E-state index contributed by atoms with van der Waals surface area (Å²) in [5.41, 5.74) is -2.45. The predicted molar refractivity (Wildman–Crippen MR) is 146 cm³/mol. The van der Waals surface area contributed by atoms with E-state index >= 15 is 0 Å². The number of rotatable bonds is 6. The maximum atomic E-state index is 14.5. The van der Waals surface area contributed by atoms with Crippen molar-refractivity contribution in [1.82, 2.24) is 0 Å². The topological polar surface area (TPSA) is 87.3 Å². The van der Waals surface area contributed by atoms with Crippen LogP contribution in [0.25, 0.3) is 0 Å². The summed E-state index contributed by atoms with van der Waals surface area (Å²) in [4.78, 5) is 36.8. The van der Waals surface area contributed by atoms with Crippen LogP contribution in [0.4, 0.5) is 43.4 Å². The average molecular weight is 694 g/mol. The molecule has 0 radical (unpaired) electrons. The maximum Gasteiger partial charge on any atom is 0.471 e. The lowest BCUT2D eigenvalue weighted by Crippen LogP contribution is -2.30. The highest BCUT2D eigenvalue weighted by Crippen LogP contribution is 2.65. The molecule has 1 aliphatic rings. The molecule has 17 heteroatoms. The van der Waals surface area contributed by atoms with Crippen LogP contribution in [0.3, 0.4) is 0 Å². The molecule has 0 heterocycles. The third kappa shape index (κ3) is 6.52. The molecule has 3 N–H and O–H groups in total. The summed E-state index contributed by atoms with van der Waals surface area (Å²) in [5, 5.41) is 5.77. The first-order valence-corrected chi connectivity index (χ1v) is 13.1. The molecule has 0 unspecified atom stereocenters. The summed E-state index contributed by atoms with van der Waals surface area (Å²) in [6.07, 6.45) is -5.39. The van der Waals surface area contributed by atoms with Crippen LogP contribution < -0.4 is 16.0 Å². The van der Waals surface area contributed by atoms with Crippen molar-refractivity contribution in [3.05, 3.63) is 86.1 Å². The van der Waals surface area contributed by atoms with Crippen molar-refractivity contribution in [2.75, 3.05) is 16.0 Å². The Morgan fingerprint density at radius 1 is 0.762 bits per heavy atom. The highest BCUT2D eigenvalue weighted by Gasteiger charge is 2.67. The lowest BCUT2D eigenvalue weighted by atomic mass is 10.1. The molecule has 0 saturated heterocycles. The number of alkyl halides is 5. The first-order chi connectivity index (χ1) is 19.4. The Morgan fingerprint density at radius 2 is 1.33 bits per heavy atom. The molecule has 0 aliphatic heterocycles. The van der Waals surface area contributed by atoms with Gasteiger partial charge < -0.3 is 16.0 Å². The number of carbonyl (C=O) groups excluding carboxylic acids is 3. The normalized spacial score (nSPS) is 17.4. The monoisotopic (exact) mass is 691 g/mol. The molecule has 4 rings (SSSR count). The number of hydrogen-bond acceptors (Lipinski definition) is 3. The zero-order valence-electron chi connectivity index (χ0n) is 20.1. The molecule has 0 aromatic heterocycles. The first kappa shape index (κ1) is 32.0. The highest BCUT2D eigenvalue weighted by atomic mass is 35.5. The van der Waals surface area contributed by atoms with E-state index in [9.17, 15) is 40.7 Å². The van der Waals surface area contributed by atoms with Crippen molar-refractivity contribution >= 4 is 92.8 Å². The molecular formula is C25H12Cl5F6N3O3. The van der Waals surface area contributed by atoms with E-state index < -0.39 is 74.5 Å². The first-order valence-electron chi connectivity index (χ1n) is 11.2. The van der Waals surface area contributed by atoms with Gasteiger partial charge in [-0.15, -0.1) is 23.2 Å². The fourth-order valence-electron chi connectivity index (χ4n) is 3.94. The van der Waals surface area contributed by atoms with Crippen LogP contribution in [0.2, 0.25) is 15.1 Å². The number of amides is 3. The Bertz CT molecular complexity index is 1610. The van der Waals surface area contributed by atoms with Gasteiger partial charge in [-0.25, -0.2) is 13.2 Å². The number of benzene rings is 3. The molecule has 1 saturated carbocycles. The summed E-state index contributed by atoms with van der Waals surface area (Å²) in [6.45, 7) is 0. The smallest absolute Gasteiger partial charge is 0.326 e. The lowest BCUT2D eigenvalue weighted by molar-refractivity contribution is -0.167. The molecule has 0 spiro atoms. The summed E-state index contributed by atoms with van der Waals surface area (Å²) in [5.74, 6) is -10.6. The minimum absolute atomic E-state index is 0.0819. The van der Waals surface area contributed by atoms with Crippen molar-refractivity contribution in [1.29, 1.82) is 0 Å². The van der Waals surface area contributed by atoms with E-state index in [2.05, 4.69) is 5.32 Å². The van der Waals surface area contributed by atoms with E-state index in [4.69, 9.17) is 58.0 Å². The SMILES string of the molecule is O=C(Nc1cc(NC(=O)C(F)(F)F)c(F)cc1F)c1cc(NC(=O)[C@H]2[C@H](c3cc(Cl)c(Cl)c(Cl)c3)C2(Cl)Cl)ccc1F. The molecule has 0 bridgehead atoms. The standard InChI is InChI=1S/C25H12Cl5F6N3O3/c26-11-3-8(4-12(27)20(11)28)18-19(24(18,29)30)22(41)37-9-1-2-13(31)10(5-9)21(40)38-16-7-17(15(33)6-14(16)32)39-23(42)25(34,35)36/h1-7,18-19H,(H,37,41)(H,38,40)(H,39,42)/t18-,19+/m0/s1. The lowest BCUT2D eigenvalue weighted by Gasteiger charge is -2.13. The molecule has 2 atom stereocenters. The molecule has 222 valence electrons. The molecule has 6 nitrogen and oxygen atoms in total. The second kappa shape index (κ2) is 11.6. The minimum atomic E-state index is -5.39. The fraction of sp³-hybridized carbons (Fsp3) is 0.160. The van der Waals surface area contributed by atoms with Gasteiger partial charge in [-0.2, -0.15) is 13.2 Å². The number of carbonyl (C=O) groups is 3. The average Bonchev–Trinajstić information content (AvgIpc) is 3.47. The Hall–Kier alpha value is -2.90. The second-order valence-corrected chi connectivity index (χ2v) is 11.5. The van der Waals surface area contributed by atoms with Crippen LogP contribution in [-0.4, -0.2) is 28.2 Å². The van der Waals surface area contributed by atoms with E-state index in [1.165, 1.54) is 17.4 Å². The Morgan fingerprint density at radius 3 is 1.90 bits per heavy atom. The van der Waals surface area contributed by atoms with E-state index in [1.807, 2.05) is 5.32 Å². The van der Waals surface area contributed by atoms with E-state index in [0.29, 0.717) is 11.6 Å². The molecular weight excluding hydrogens is 682 g/mol. The molecule has 3 amide bonds. The third-order valence-corrected chi connectivity index (χ3v) is 8.13. The van der Waals surface area contributed by atoms with Gasteiger partial charge in [-0.05, 0) is 42.0 Å². The van der Waals surface area contributed by atoms with Gasteiger partial charge in [0.25, 0.3) is 5.91 Å². The summed E-state index contributed by atoms with van der Waals surface area (Å²) >= 11 is 30.7. The van der Waals surface area contributed by atoms with Crippen molar-refractivity contribution in [3.8, 4) is 0 Å². The molecule has 3 aromatic carbocycles. The Balaban J connectivity index is 1.52. The van der Waals surface area contributed by atoms with E-state index in [0.717, 1.165) is 18.2 Å². The van der Waals surface area contributed by atoms with Crippen molar-refractivity contribution in [3.63, 3.8) is 0 Å². The van der Waals surface area contributed by atoms with Crippen LogP contribution in [0.15, 0.2) is 42.5 Å². The zero-order chi connectivity index (χ0) is 31.3. The molecule has 1 aliphatic carbocycles. The number of anilines is 3. The van der Waals surface area contributed by atoms with Gasteiger partial charge in [-0.1, -0.05) is 34.8 Å². The second-order valence-electron chi connectivity index (χ2n) is 8.83. The Labute approximate surface area is 257 Å². The number of hydrogen-bond donors (Lipinski definition) is 3. The molecule has 1 fully saturated rings. The van der Waals surface area contributed by atoms with Gasteiger partial charge >= 0.3 is 12.1 Å². The largest absolute Gasteiger partial charge is 0.471 e. The van der Waals surface area contributed by atoms with Crippen molar-refractivity contribution < 1.29 is 40.7 Å². The van der Waals surface area contributed by atoms with Crippen molar-refractivity contribution in [2.24, 2.45) is 5.92 Å². The van der Waals surface area contributed by atoms with Crippen LogP contribution in [0.5, 0.6) is 0 Å². The van der Waals surface area contributed by atoms with E-state index in [-0.39, 0.29) is 26.8 Å². The Kier molecular flexibility index (Phi) is 8.88. The van der Waals surface area contributed by atoms with Crippen molar-refractivity contribution in [2.45, 2.75) is 16.4 Å². The van der Waals surface area contributed by atoms with Gasteiger partial charge in [0.2, 0.25) is 5.91 Å². The fourth-order valence-corrected chi connectivity index (χ4v) is 5.38. The molecule has 42 heavy (non-hydrogen) atoms. The highest BCUT2D eigenvalue weighted by molar-refractivity contribution is 6.54. The van der Waals surface area contributed by atoms with Gasteiger partial charge in [-0.3, -0.25) is 14.4 Å². The van der Waals surface area contributed by atoms with Crippen LogP contribution in [-0.2, 0) is 9.59 Å². The number of halogens is 11. The van der Waals surface area contributed by atoms with Gasteiger partial charge in [0.05, 0.1) is 37.9 Å².